The lowest BCUT2D eigenvalue weighted by atomic mass is 10.1. The molecule has 0 bridgehead atoms. The summed E-state index contributed by atoms with van der Waals surface area (Å²) in [5.74, 6) is -0.454. The summed E-state index contributed by atoms with van der Waals surface area (Å²) in [7, 11) is 0. The molecular weight excluding hydrogens is 388 g/mol. The molecule has 30 heavy (non-hydrogen) atoms. The molecule has 0 aromatic heterocycles. The van der Waals surface area contributed by atoms with Crippen LogP contribution in [0, 0.1) is 0 Å². The Kier molecular flexibility index (Phi) is 9.11. The average molecular weight is 418 g/mol. The number of piperidine rings is 1. The highest BCUT2D eigenvalue weighted by Gasteiger charge is 2.24. The van der Waals surface area contributed by atoms with E-state index in [2.05, 4.69) is 16.0 Å². The van der Waals surface area contributed by atoms with Crippen LogP contribution in [0.25, 0.3) is 0 Å². The highest BCUT2D eigenvalue weighted by Crippen LogP contribution is 2.12. The first-order valence-corrected chi connectivity index (χ1v) is 10.3. The van der Waals surface area contributed by atoms with E-state index < -0.39 is 0 Å². The van der Waals surface area contributed by atoms with Gasteiger partial charge in [-0.25, -0.2) is 4.79 Å². The minimum atomic E-state index is -0.303. The maximum atomic E-state index is 12.1. The molecule has 1 saturated heterocycles. The molecule has 1 aromatic carbocycles. The number of ether oxygens (including phenoxy) is 1. The van der Waals surface area contributed by atoms with E-state index in [0.29, 0.717) is 63.2 Å². The van der Waals surface area contributed by atoms with E-state index in [1.165, 1.54) is 6.92 Å². The van der Waals surface area contributed by atoms with Gasteiger partial charge in [0.1, 0.15) is 0 Å². The van der Waals surface area contributed by atoms with Crippen molar-refractivity contribution in [3.8, 4) is 0 Å². The van der Waals surface area contributed by atoms with E-state index in [1.54, 1.807) is 36.1 Å². The fourth-order valence-electron chi connectivity index (χ4n) is 3.18. The van der Waals surface area contributed by atoms with Crippen molar-refractivity contribution in [2.75, 3.05) is 31.6 Å². The van der Waals surface area contributed by atoms with Crippen LogP contribution in [0.3, 0.4) is 0 Å². The maximum Gasteiger partial charge on any atom is 0.409 e. The van der Waals surface area contributed by atoms with Gasteiger partial charge in [0.25, 0.3) is 5.91 Å². The molecule has 1 heterocycles. The van der Waals surface area contributed by atoms with Crippen molar-refractivity contribution >= 4 is 29.5 Å². The van der Waals surface area contributed by atoms with Gasteiger partial charge in [0.15, 0.2) is 0 Å². The van der Waals surface area contributed by atoms with Crippen LogP contribution in [-0.2, 0) is 14.3 Å². The van der Waals surface area contributed by atoms with Crippen LogP contribution in [0.4, 0.5) is 10.5 Å². The number of rotatable bonds is 8. The second kappa shape index (κ2) is 11.8. The Hall–Kier alpha value is -3.10. The van der Waals surface area contributed by atoms with Crippen LogP contribution in [0.5, 0.6) is 0 Å². The minimum Gasteiger partial charge on any atom is -0.450 e. The largest absolute Gasteiger partial charge is 0.450 e. The summed E-state index contributed by atoms with van der Waals surface area (Å²) in [5.41, 5.74) is 1.12. The van der Waals surface area contributed by atoms with Gasteiger partial charge in [-0.1, -0.05) is 0 Å². The molecule has 9 heteroatoms. The van der Waals surface area contributed by atoms with Gasteiger partial charge >= 0.3 is 6.09 Å². The number of amides is 4. The molecule has 1 aromatic rings. The van der Waals surface area contributed by atoms with Crippen molar-refractivity contribution in [1.29, 1.82) is 0 Å². The van der Waals surface area contributed by atoms with Crippen molar-refractivity contribution < 1.29 is 23.9 Å². The van der Waals surface area contributed by atoms with Crippen LogP contribution in [0.15, 0.2) is 24.3 Å². The SMILES string of the molecule is CCOC(=O)N1CCC(NC(=O)CCCNC(=O)c2ccc(NC(C)=O)cc2)CC1. The van der Waals surface area contributed by atoms with Crippen LogP contribution >= 0.6 is 0 Å². The summed E-state index contributed by atoms with van der Waals surface area (Å²) < 4.78 is 4.98. The van der Waals surface area contributed by atoms with E-state index >= 15 is 0 Å². The number of hydrogen-bond acceptors (Lipinski definition) is 5. The first-order chi connectivity index (χ1) is 14.4. The predicted molar refractivity (Wildman–Crippen MR) is 112 cm³/mol. The molecule has 1 aliphatic heterocycles. The molecule has 4 amide bonds. The number of likely N-dealkylation sites (tertiary alicyclic amines) is 1. The quantitative estimate of drug-likeness (QED) is 0.558. The molecule has 1 aliphatic rings. The van der Waals surface area contributed by atoms with Gasteiger partial charge in [0, 0.05) is 50.3 Å². The molecule has 0 spiro atoms. The first kappa shape index (κ1) is 23.2. The lowest BCUT2D eigenvalue weighted by Gasteiger charge is -2.31. The molecule has 3 N–H and O–H groups in total. The van der Waals surface area contributed by atoms with Crippen LogP contribution < -0.4 is 16.0 Å². The van der Waals surface area contributed by atoms with Crippen molar-refractivity contribution in [3.05, 3.63) is 29.8 Å². The number of nitrogens with zero attached hydrogens (tertiary/aromatic N) is 1. The number of carbonyl (C=O) groups excluding carboxylic acids is 4. The highest BCUT2D eigenvalue weighted by atomic mass is 16.6. The normalized spacial score (nSPS) is 14.0. The lowest BCUT2D eigenvalue weighted by Crippen LogP contribution is -2.46. The van der Waals surface area contributed by atoms with Crippen molar-refractivity contribution in [2.24, 2.45) is 0 Å². The predicted octanol–water partition coefficient (Wildman–Crippen LogP) is 1.89. The Morgan fingerprint density at radius 2 is 1.77 bits per heavy atom. The van der Waals surface area contributed by atoms with Gasteiger partial charge in [-0.05, 0) is 50.5 Å². The summed E-state index contributed by atoms with van der Waals surface area (Å²) >= 11 is 0. The Morgan fingerprint density at radius 3 is 2.37 bits per heavy atom. The molecule has 2 rings (SSSR count). The number of benzene rings is 1. The minimum absolute atomic E-state index is 0.0555. The Morgan fingerprint density at radius 1 is 1.10 bits per heavy atom. The van der Waals surface area contributed by atoms with Crippen LogP contribution in [-0.4, -0.2) is 61.0 Å². The third kappa shape index (κ3) is 7.73. The first-order valence-electron chi connectivity index (χ1n) is 10.3. The molecule has 0 atom stereocenters. The molecule has 9 nitrogen and oxygen atoms in total. The maximum absolute atomic E-state index is 12.1. The third-order valence-corrected chi connectivity index (χ3v) is 4.72. The van der Waals surface area contributed by atoms with E-state index in [9.17, 15) is 19.2 Å². The summed E-state index contributed by atoms with van der Waals surface area (Å²) in [6.07, 6.45) is 1.96. The van der Waals surface area contributed by atoms with Gasteiger partial charge in [0.05, 0.1) is 6.61 Å². The Balaban J connectivity index is 1.61. The van der Waals surface area contributed by atoms with Gasteiger partial charge < -0.3 is 25.6 Å². The van der Waals surface area contributed by atoms with E-state index in [1.807, 2.05) is 0 Å². The second-order valence-electron chi connectivity index (χ2n) is 7.15. The van der Waals surface area contributed by atoms with Gasteiger partial charge in [0.2, 0.25) is 11.8 Å². The number of carbonyl (C=O) groups is 4. The van der Waals surface area contributed by atoms with Crippen molar-refractivity contribution in [1.82, 2.24) is 15.5 Å². The smallest absolute Gasteiger partial charge is 0.409 e. The molecule has 0 saturated carbocycles. The Labute approximate surface area is 176 Å². The second-order valence-corrected chi connectivity index (χ2v) is 7.15. The van der Waals surface area contributed by atoms with Crippen LogP contribution in [0.1, 0.15) is 49.9 Å². The molecular formula is C21H30N4O5. The summed E-state index contributed by atoms with van der Waals surface area (Å²) in [6.45, 7) is 5.08. The highest BCUT2D eigenvalue weighted by molar-refractivity contribution is 5.95. The molecule has 0 unspecified atom stereocenters. The summed E-state index contributed by atoms with van der Waals surface area (Å²) in [5, 5.41) is 8.41. The van der Waals surface area contributed by atoms with Gasteiger partial charge in [-0.15, -0.1) is 0 Å². The Bertz CT molecular complexity index is 742. The monoisotopic (exact) mass is 418 g/mol. The third-order valence-electron chi connectivity index (χ3n) is 4.72. The lowest BCUT2D eigenvalue weighted by molar-refractivity contribution is -0.122. The van der Waals surface area contributed by atoms with Gasteiger partial charge in [-0.2, -0.15) is 0 Å². The number of hydrogen-bond donors (Lipinski definition) is 3. The molecule has 0 radical (unpaired) electrons. The fraction of sp³-hybridized carbons (Fsp3) is 0.524. The fourth-order valence-corrected chi connectivity index (χ4v) is 3.18. The van der Waals surface area contributed by atoms with E-state index in [4.69, 9.17) is 4.74 Å². The molecule has 0 aliphatic carbocycles. The zero-order valence-corrected chi connectivity index (χ0v) is 17.5. The number of anilines is 1. The van der Waals surface area contributed by atoms with Crippen molar-refractivity contribution in [3.63, 3.8) is 0 Å². The zero-order valence-electron chi connectivity index (χ0n) is 17.5. The average Bonchev–Trinajstić information content (AvgIpc) is 2.72. The van der Waals surface area contributed by atoms with Crippen molar-refractivity contribution in [2.45, 2.75) is 45.6 Å². The topological polar surface area (TPSA) is 117 Å². The standard InChI is InChI=1S/C21H30N4O5/c1-3-30-21(29)25-13-10-18(11-14-25)24-19(27)5-4-12-22-20(28)16-6-8-17(9-7-16)23-15(2)26/h6-9,18H,3-5,10-14H2,1-2H3,(H,22,28)(H,23,26)(H,24,27). The molecule has 1 fully saturated rings. The number of nitrogens with one attached hydrogen (secondary N) is 3. The zero-order chi connectivity index (χ0) is 21.9. The summed E-state index contributed by atoms with van der Waals surface area (Å²) in [6, 6.07) is 6.65. The molecule has 164 valence electrons. The summed E-state index contributed by atoms with van der Waals surface area (Å²) in [4.78, 5) is 48.6. The van der Waals surface area contributed by atoms with Crippen LogP contribution in [0.2, 0.25) is 0 Å². The van der Waals surface area contributed by atoms with E-state index in [0.717, 1.165) is 0 Å². The van der Waals surface area contributed by atoms with E-state index in [-0.39, 0.29) is 29.9 Å². The van der Waals surface area contributed by atoms with Gasteiger partial charge in [-0.3, -0.25) is 14.4 Å².